The van der Waals surface area contributed by atoms with Crippen LogP contribution in [-0.2, 0) is 18.9 Å². The number of ketones is 1. The summed E-state index contributed by atoms with van der Waals surface area (Å²) in [5.74, 6) is 1.18. The second-order valence-corrected chi connectivity index (χ2v) is 5.70. The first-order chi connectivity index (χ1) is 13.7. The van der Waals surface area contributed by atoms with Crippen molar-refractivity contribution in [3.63, 3.8) is 0 Å². The summed E-state index contributed by atoms with van der Waals surface area (Å²) in [6.45, 7) is 2.22. The summed E-state index contributed by atoms with van der Waals surface area (Å²) in [5.41, 5.74) is 1.15. The Balaban J connectivity index is 1.80. The number of carbonyl (C=O) groups is 1. The first-order valence-electron chi connectivity index (χ1n) is 8.88. The van der Waals surface area contributed by atoms with Crippen LogP contribution in [0.2, 0.25) is 0 Å². The van der Waals surface area contributed by atoms with E-state index in [1.807, 2.05) is 0 Å². The molecule has 0 heterocycles. The van der Waals surface area contributed by atoms with Gasteiger partial charge in [-0.25, -0.2) is 0 Å². The van der Waals surface area contributed by atoms with Gasteiger partial charge >= 0.3 is 0 Å². The van der Waals surface area contributed by atoms with Gasteiger partial charge in [0.05, 0.1) is 26.4 Å². The molecule has 0 aliphatic carbocycles. The Morgan fingerprint density at radius 3 is 1.39 bits per heavy atom. The molecule has 0 N–H and O–H groups in total. The predicted octanol–water partition coefficient (Wildman–Crippen LogP) is 2.92. The van der Waals surface area contributed by atoms with E-state index in [0.29, 0.717) is 49.1 Å². The van der Waals surface area contributed by atoms with Crippen molar-refractivity contribution in [2.24, 2.45) is 0 Å². The van der Waals surface area contributed by atoms with Gasteiger partial charge in [0.15, 0.2) is 19.4 Å². The highest BCUT2D eigenvalue weighted by atomic mass is 16.7. The average Bonchev–Trinajstić information content (AvgIpc) is 2.74. The Kier molecular flexibility index (Phi) is 10.0. The third-order valence-corrected chi connectivity index (χ3v) is 3.71. The van der Waals surface area contributed by atoms with E-state index in [1.54, 1.807) is 62.8 Å². The van der Waals surface area contributed by atoms with Crippen molar-refractivity contribution in [3.05, 3.63) is 59.7 Å². The second-order valence-electron chi connectivity index (χ2n) is 5.70. The van der Waals surface area contributed by atoms with Gasteiger partial charge in [0, 0.05) is 25.3 Å². The molecule has 2 aromatic rings. The SMILES string of the molecule is COCCOCOc1ccc(C(=O)c2ccc(OCOCCOC)cc2)cc1. The predicted molar refractivity (Wildman–Crippen MR) is 103 cm³/mol. The lowest BCUT2D eigenvalue weighted by Gasteiger charge is -2.09. The molecule has 28 heavy (non-hydrogen) atoms. The Morgan fingerprint density at radius 1 is 0.643 bits per heavy atom. The van der Waals surface area contributed by atoms with Crippen LogP contribution in [0.3, 0.4) is 0 Å². The average molecular weight is 390 g/mol. The van der Waals surface area contributed by atoms with Crippen molar-refractivity contribution in [3.8, 4) is 11.5 Å². The molecule has 7 heteroatoms. The molecule has 0 amide bonds. The van der Waals surface area contributed by atoms with Crippen LogP contribution in [-0.4, -0.2) is 60.0 Å². The summed E-state index contributed by atoms with van der Waals surface area (Å²) in [6, 6.07) is 13.8. The molecule has 0 saturated carbocycles. The minimum Gasteiger partial charge on any atom is -0.468 e. The highest BCUT2D eigenvalue weighted by molar-refractivity contribution is 6.09. The number of ether oxygens (including phenoxy) is 6. The topological polar surface area (TPSA) is 72.5 Å². The fourth-order valence-corrected chi connectivity index (χ4v) is 2.19. The number of benzene rings is 2. The summed E-state index contributed by atoms with van der Waals surface area (Å²) in [5, 5.41) is 0. The third-order valence-electron chi connectivity index (χ3n) is 3.71. The van der Waals surface area contributed by atoms with Gasteiger partial charge in [0.2, 0.25) is 0 Å². The molecule has 0 aliphatic rings. The number of methoxy groups -OCH3 is 2. The zero-order chi connectivity index (χ0) is 20.0. The summed E-state index contributed by atoms with van der Waals surface area (Å²) in [4.78, 5) is 12.6. The van der Waals surface area contributed by atoms with Crippen LogP contribution in [0.1, 0.15) is 15.9 Å². The van der Waals surface area contributed by atoms with Crippen LogP contribution in [0.5, 0.6) is 11.5 Å². The minimum absolute atomic E-state index is 0.0780. The molecular weight excluding hydrogens is 364 g/mol. The molecule has 0 unspecified atom stereocenters. The van der Waals surface area contributed by atoms with Crippen LogP contribution in [0, 0.1) is 0 Å². The molecule has 152 valence electrons. The fraction of sp³-hybridized carbons (Fsp3) is 0.381. The Bertz CT molecular complexity index is 623. The van der Waals surface area contributed by atoms with Crippen LogP contribution in [0.15, 0.2) is 48.5 Å². The first kappa shape index (κ1) is 21.8. The lowest BCUT2D eigenvalue weighted by atomic mass is 10.0. The van der Waals surface area contributed by atoms with Gasteiger partial charge in [-0.15, -0.1) is 0 Å². The monoisotopic (exact) mass is 390 g/mol. The van der Waals surface area contributed by atoms with Gasteiger partial charge < -0.3 is 28.4 Å². The molecule has 0 bridgehead atoms. The molecule has 7 nitrogen and oxygen atoms in total. The quantitative estimate of drug-likeness (QED) is 0.279. The van der Waals surface area contributed by atoms with Crippen LogP contribution < -0.4 is 9.47 Å². The van der Waals surface area contributed by atoms with E-state index in [0.717, 1.165) is 0 Å². The zero-order valence-electron chi connectivity index (χ0n) is 16.2. The van der Waals surface area contributed by atoms with Crippen LogP contribution in [0.25, 0.3) is 0 Å². The van der Waals surface area contributed by atoms with Crippen molar-refractivity contribution in [2.45, 2.75) is 0 Å². The lowest BCUT2D eigenvalue weighted by Crippen LogP contribution is -2.08. The first-order valence-corrected chi connectivity index (χ1v) is 8.88. The van der Waals surface area contributed by atoms with Crippen molar-refractivity contribution in [1.82, 2.24) is 0 Å². The molecule has 0 aromatic heterocycles. The van der Waals surface area contributed by atoms with E-state index in [1.165, 1.54) is 0 Å². The zero-order valence-corrected chi connectivity index (χ0v) is 16.2. The molecule has 0 fully saturated rings. The van der Waals surface area contributed by atoms with Crippen molar-refractivity contribution in [2.75, 3.05) is 54.2 Å². The normalized spacial score (nSPS) is 10.6. The largest absolute Gasteiger partial charge is 0.468 e. The smallest absolute Gasteiger partial charge is 0.193 e. The van der Waals surface area contributed by atoms with Crippen molar-refractivity contribution < 1.29 is 33.2 Å². The molecule has 0 aliphatic heterocycles. The Labute approximate surface area is 165 Å². The highest BCUT2D eigenvalue weighted by Gasteiger charge is 2.09. The lowest BCUT2D eigenvalue weighted by molar-refractivity contribution is -0.00856. The maximum absolute atomic E-state index is 12.6. The maximum Gasteiger partial charge on any atom is 0.193 e. The van der Waals surface area contributed by atoms with Gasteiger partial charge in [0.1, 0.15) is 11.5 Å². The second kappa shape index (κ2) is 12.9. The maximum atomic E-state index is 12.6. The molecule has 2 rings (SSSR count). The molecule has 0 radical (unpaired) electrons. The Hall–Kier alpha value is -2.45. The summed E-state index contributed by atoms with van der Waals surface area (Å²) >= 11 is 0. The van der Waals surface area contributed by atoms with E-state index in [9.17, 15) is 4.79 Å². The van der Waals surface area contributed by atoms with Crippen molar-refractivity contribution >= 4 is 5.78 Å². The van der Waals surface area contributed by atoms with E-state index in [-0.39, 0.29) is 19.4 Å². The summed E-state index contributed by atoms with van der Waals surface area (Å²) in [6.07, 6.45) is 0. The van der Waals surface area contributed by atoms with E-state index >= 15 is 0 Å². The fourth-order valence-electron chi connectivity index (χ4n) is 2.19. The number of hydrogen-bond donors (Lipinski definition) is 0. The number of carbonyl (C=O) groups excluding carboxylic acids is 1. The van der Waals surface area contributed by atoms with Crippen LogP contribution >= 0.6 is 0 Å². The van der Waals surface area contributed by atoms with E-state index < -0.39 is 0 Å². The minimum atomic E-state index is -0.0780. The molecule has 0 saturated heterocycles. The molecular formula is C21H26O7. The summed E-state index contributed by atoms with van der Waals surface area (Å²) in [7, 11) is 3.22. The van der Waals surface area contributed by atoms with E-state index in [4.69, 9.17) is 28.4 Å². The van der Waals surface area contributed by atoms with Gasteiger partial charge in [-0.05, 0) is 48.5 Å². The van der Waals surface area contributed by atoms with Gasteiger partial charge in [-0.2, -0.15) is 0 Å². The highest BCUT2D eigenvalue weighted by Crippen LogP contribution is 2.18. The molecule has 2 aromatic carbocycles. The van der Waals surface area contributed by atoms with E-state index in [2.05, 4.69) is 0 Å². The van der Waals surface area contributed by atoms with Gasteiger partial charge in [-0.3, -0.25) is 4.79 Å². The standard InChI is InChI=1S/C21H26O7/c1-23-11-13-25-15-27-19-7-3-17(4-8-19)21(22)18-5-9-20(10-6-18)28-16-26-14-12-24-2/h3-10H,11-16H2,1-2H3. The summed E-state index contributed by atoms with van der Waals surface area (Å²) < 4.78 is 31.1. The van der Waals surface area contributed by atoms with Gasteiger partial charge in [0.25, 0.3) is 0 Å². The molecule has 0 spiro atoms. The van der Waals surface area contributed by atoms with Gasteiger partial charge in [-0.1, -0.05) is 0 Å². The number of rotatable bonds is 14. The van der Waals surface area contributed by atoms with Crippen molar-refractivity contribution in [1.29, 1.82) is 0 Å². The number of hydrogen-bond acceptors (Lipinski definition) is 7. The third kappa shape index (κ3) is 7.66. The van der Waals surface area contributed by atoms with Crippen LogP contribution in [0.4, 0.5) is 0 Å². The molecule has 0 atom stereocenters. The Morgan fingerprint density at radius 2 is 1.04 bits per heavy atom.